The van der Waals surface area contributed by atoms with Crippen molar-refractivity contribution in [1.29, 1.82) is 0 Å². The summed E-state index contributed by atoms with van der Waals surface area (Å²) in [5.74, 6) is -0.553. The molecule has 2 unspecified atom stereocenters. The molecule has 0 aromatic heterocycles. The highest BCUT2D eigenvalue weighted by Gasteiger charge is 2.35. The maximum Gasteiger partial charge on any atom is 0.313 e. The van der Waals surface area contributed by atoms with Crippen molar-refractivity contribution < 1.29 is 14.3 Å². The van der Waals surface area contributed by atoms with Gasteiger partial charge >= 0.3 is 5.97 Å². The highest BCUT2D eigenvalue weighted by Crippen LogP contribution is 2.31. The van der Waals surface area contributed by atoms with E-state index in [0.717, 1.165) is 10.0 Å². The van der Waals surface area contributed by atoms with Crippen LogP contribution in [-0.4, -0.2) is 24.5 Å². The first kappa shape index (κ1) is 13.1. The van der Waals surface area contributed by atoms with Crippen molar-refractivity contribution in [2.45, 2.75) is 25.4 Å². The van der Waals surface area contributed by atoms with Crippen molar-refractivity contribution in [3.05, 3.63) is 34.3 Å². The minimum Gasteiger partial charge on any atom is -0.460 e. The van der Waals surface area contributed by atoms with Crippen LogP contribution in [0.5, 0.6) is 0 Å². The van der Waals surface area contributed by atoms with Crippen molar-refractivity contribution in [2.75, 3.05) is 6.54 Å². The lowest BCUT2D eigenvalue weighted by Gasteiger charge is -2.08. The maximum atomic E-state index is 11.8. The van der Waals surface area contributed by atoms with Crippen LogP contribution in [0.2, 0.25) is 0 Å². The molecule has 1 aliphatic heterocycles. The van der Waals surface area contributed by atoms with E-state index < -0.39 is 0 Å². The number of hydrogen-bond acceptors (Lipinski definition) is 3. The number of amides is 1. The highest BCUT2D eigenvalue weighted by atomic mass is 79.9. The van der Waals surface area contributed by atoms with Crippen LogP contribution in [0.25, 0.3) is 0 Å². The summed E-state index contributed by atoms with van der Waals surface area (Å²) in [7, 11) is 0. The Labute approximate surface area is 114 Å². The van der Waals surface area contributed by atoms with E-state index in [1.165, 1.54) is 6.92 Å². The second kappa shape index (κ2) is 5.52. The Morgan fingerprint density at radius 1 is 1.44 bits per heavy atom. The van der Waals surface area contributed by atoms with Gasteiger partial charge in [0.15, 0.2) is 0 Å². The zero-order valence-corrected chi connectivity index (χ0v) is 11.6. The Morgan fingerprint density at radius 3 is 2.72 bits per heavy atom. The molecule has 1 aliphatic rings. The molecule has 0 bridgehead atoms. The second-order valence-electron chi connectivity index (χ2n) is 4.34. The minimum absolute atomic E-state index is 0.113. The number of carbonyl (C=O) groups is 2. The van der Waals surface area contributed by atoms with Crippen LogP contribution in [0.15, 0.2) is 28.7 Å². The zero-order chi connectivity index (χ0) is 13.1. The van der Waals surface area contributed by atoms with Crippen LogP contribution in [0.3, 0.4) is 0 Å². The summed E-state index contributed by atoms with van der Waals surface area (Å²) in [5, 5.41) is 2.67. The molecule has 1 N–H and O–H groups in total. The molecule has 18 heavy (non-hydrogen) atoms. The fourth-order valence-electron chi connectivity index (χ4n) is 2.00. The van der Waals surface area contributed by atoms with Crippen LogP contribution in [0, 0.1) is 0 Å². The molecule has 5 heteroatoms. The molecule has 1 aromatic rings. The van der Waals surface area contributed by atoms with E-state index in [1.54, 1.807) is 0 Å². The largest absolute Gasteiger partial charge is 0.460 e. The van der Waals surface area contributed by atoms with Gasteiger partial charge in [0.1, 0.15) is 6.10 Å². The fourth-order valence-corrected chi connectivity index (χ4v) is 2.27. The number of halogens is 1. The minimum atomic E-state index is -0.227. The predicted octanol–water partition coefficient (Wildman–Crippen LogP) is 1.98. The van der Waals surface area contributed by atoms with E-state index in [9.17, 15) is 9.59 Å². The Morgan fingerprint density at radius 2 is 2.11 bits per heavy atom. The highest BCUT2D eigenvalue weighted by molar-refractivity contribution is 9.10. The molecule has 4 nitrogen and oxygen atoms in total. The fraction of sp³-hybridized carbons (Fsp3) is 0.385. The molecule has 0 spiro atoms. The van der Waals surface area contributed by atoms with E-state index in [4.69, 9.17) is 4.74 Å². The van der Waals surface area contributed by atoms with Gasteiger partial charge in [-0.3, -0.25) is 9.59 Å². The lowest BCUT2D eigenvalue weighted by atomic mass is 9.96. The normalized spacial score (nSPS) is 22.7. The van der Waals surface area contributed by atoms with Crippen molar-refractivity contribution >= 4 is 27.8 Å². The third kappa shape index (κ3) is 3.10. The van der Waals surface area contributed by atoms with Crippen LogP contribution >= 0.6 is 15.9 Å². The summed E-state index contributed by atoms with van der Waals surface area (Å²) in [5.41, 5.74) is 0.952. The first-order valence-corrected chi connectivity index (χ1v) is 6.56. The average Bonchev–Trinajstić information content (AvgIpc) is 2.69. The van der Waals surface area contributed by atoms with Crippen LogP contribution in [-0.2, 0) is 14.3 Å². The van der Waals surface area contributed by atoms with E-state index in [-0.39, 0.29) is 23.9 Å². The molecular weight excluding hydrogens is 298 g/mol. The number of esters is 1. The SMILES string of the molecule is CC(=O)NCC1CC(c2ccc(Br)cc2)C(=O)O1. The van der Waals surface area contributed by atoms with Crippen LogP contribution in [0.1, 0.15) is 24.8 Å². The molecular formula is C13H14BrNO3. The van der Waals surface area contributed by atoms with Gasteiger partial charge in [-0.25, -0.2) is 0 Å². The van der Waals surface area contributed by atoms with Crippen molar-refractivity contribution in [2.24, 2.45) is 0 Å². The molecule has 2 atom stereocenters. The lowest BCUT2D eigenvalue weighted by molar-refractivity contribution is -0.142. The molecule has 2 rings (SSSR count). The Kier molecular flexibility index (Phi) is 4.01. The van der Waals surface area contributed by atoms with Crippen LogP contribution < -0.4 is 5.32 Å². The number of rotatable bonds is 3. The Balaban J connectivity index is 2.00. The summed E-state index contributed by atoms with van der Waals surface area (Å²) in [4.78, 5) is 22.6. The topological polar surface area (TPSA) is 55.4 Å². The first-order chi connectivity index (χ1) is 8.56. The van der Waals surface area contributed by atoms with E-state index in [2.05, 4.69) is 21.2 Å². The quantitative estimate of drug-likeness (QED) is 0.869. The summed E-state index contributed by atoms with van der Waals surface area (Å²) >= 11 is 3.36. The monoisotopic (exact) mass is 311 g/mol. The molecule has 1 saturated heterocycles. The third-order valence-electron chi connectivity index (χ3n) is 2.92. The van der Waals surface area contributed by atoms with Crippen molar-refractivity contribution in [3.8, 4) is 0 Å². The molecule has 1 amide bonds. The average molecular weight is 312 g/mol. The van der Waals surface area contributed by atoms with E-state index >= 15 is 0 Å². The summed E-state index contributed by atoms with van der Waals surface area (Å²) < 4.78 is 6.22. The molecule has 0 saturated carbocycles. The van der Waals surface area contributed by atoms with Gasteiger partial charge in [-0.15, -0.1) is 0 Å². The number of nitrogens with one attached hydrogen (secondary N) is 1. The summed E-state index contributed by atoms with van der Waals surface area (Å²) in [6.07, 6.45) is 0.385. The summed E-state index contributed by atoms with van der Waals surface area (Å²) in [6, 6.07) is 7.64. The molecule has 96 valence electrons. The molecule has 0 radical (unpaired) electrons. The third-order valence-corrected chi connectivity index (χ3v) is 3.45. The van der Waals surface area contributed by atoms with Gasteiger partial charge in [0.25, 0.3) is 0 Å². The Hall–Kier alpha value is -1.36. The number of benzene rings is 1. The number of ether oxygens (including phenoxy) is 1. The summed E-state index contributed by atoms with van der Waals surface area (Å²) in [6.45, 7) is 1.83. The van der Waals surface area contributed by atoms with Gasteiger partial charge in [0.2, 0.25) is 5.91 Å². The second-order valence-corrected chi connectivity index (χ2v) is 5.25. The van der Waals surface area contributed by atoms with Crippen molar-refractivity contribution in [3.63, 3.8) is 0 Å². The molecule has 1 heterocycles. The van der Waals surface area contributed by atoms with Crippen molar-refractivity contribution in [1.82, 2.24) is 5.32 Å². The standard InChI is InChI=1S/C13H14BrNO3/c1-8(16)15-7-11-6-12(13(17)18-11)9-2-4-10(14)5-3-9/h2-5,11-12H,6-7H2,1H3,(H,15,16). The Bertz CT molecular complexity index is 458. The number of carbonyl (C=O) groups excluding carboxylic acids is 2. The van der Waals surface area contributed by atoms with E-state index in [1.807, 2.05) is 24.3 Å². The number of hydrogen-bond donors (Lipinski definition) is 1. The molecule has 1 fully saturated rings. The smallest absolute Gasteiger partial charge is 0.313 e. The maximum absolute atomic E-state index is 11.8. The number of cyclic esters (lactones) is 1. The van der Waals surface area contributed by atoms with Gasteiger partial charge in [0.05, 0.1) is 12.5 Å². The van der Waals surface area contributed by atoms with E-state index in [0.29, 0.717) is 13.0 Å². The first-order valence-electron chi connectivity index (χ1n) is 5.76. The molecule has 0 aliphatic carbocycles. The van der Waals surface area contributed by atoms with Crippen LogP contribution in [0.4, 0.5) is 0 Å². The lowest BCUT2D eigenvalue weighted by Crippen LogP contribution is -2.30. The zero-order valence-electron chi connectivity index (χ0n) is 9.98. The van der Waals surface area contributed by atoms with Gasteiger partial charge < -0.3 is 10.1 Å². The van der Waals surface area contributed by atoms with Gasteiger partial charge in [0, 0.05) is 17.8 Å². The van der Waals surface area contributed by atoms with Gasteiger partial charge in [-0.05, 0) is 17.7 Å². The van der Waals surface area contributed by atoms with Gasteiger partial charge in [-0.2, -0.15) is 0 Å². The molecule has 1 aromatic carbocycles. The predicted molar refractivity (Wildman–Crippen MR) is 70.1 cm³/mol. The van der Waals surface area contributed by atoms with Gasteiger partial charge in [-0.1, -0.05) is 28.1 Å².